The quantitative estimate of drug-likeness (QED) is 0.607. The van der Waals surface area contributed by atoms with Gasteiger partial charge < -0.3 is 10.2 Å². The zero-order chi connectivity index (χ0) is 23.0. The molecule has 3 aromatic rings. The summed E-state index contributed by atoms with van der Waals surface area (Å²) in [6.07, 6.45) is 0. The van der Waals surface area contributed by atoms with Gasteiger partial charge in [-0.05, 0) is 30.1 Å². The number of hydrogen-bond donors (Lipinski definition) is 1. The van der Waals surface area contributed by atoms with Crippen LogP contribution in [0.2, 0.25) is 0 Å². The molecule has 2 aliphatic rings. The van der Waals surface area contributed by atoms with Crippen LogP contribution in [0.15, 0.2) is 71.6 Å². The molecule has 1 unspecified atom stereocenters. The molecule has 1 N–H and O–H groups in total. The van der Waals surface area contributed by atoms with Crippen LogP contribution in [-0.4, -0.2) is 70.4 Å². The molecule has 0 aromatic heterocycles. The third kappa shape index (κ3) is 4.21. The summed E-state index contributed by atoms with van der Waals surface area (Å²) in [5.74, 6) is -0.314. The van der Waals surface area contributed by atoms with Crippen LogP contribution in [0.25, 0.3) is 10.8 Å². The highest BCUT2D eigenvalue weighted by Gasteiger charge is 2.37. The third-order valence-corrected chi connectivity index (χ3v) is 8.34. The first kappa shape index (κ1) is 21.9. The van der Waals surface area contributed by atoms with Crippen LogP contribution in [0.1, 0.15) is 11.6 Å². The largest absolute Gasteiger partial charge is 0.346 e. The molecule has 1 saturated heterocycles. The van der Waals surface area contributed by atoms with E-state index in [9.17, 15) is 13.2 Å². The van der Waals surface area contributed by atoms with E-state index in [1.807, 2.05) is 48.5 Å². The van der Waals surface area contributed by atoms with Crippen LogP contribution in [-0.2, 0) is 14.8 Å². The number of hydrogen-bond acceptors (Lipinski definition) is 5. The van der Waals surface area contributed by atoms with Gasteiger partial charge in [0, 0.05) is 38.1 Å². The molecule has 1 fully saturated rings. The minimum Gasteiger partial charge on any atom is -0.346 e. The molecule has 0 bridgehead atoms. The molecule has 1 atom stereocenters. The van der Waals surface area contributed by atoms with Crippen molar-refractivity contribution in [3.05, 3.63) is 72.3 Å². The highest BCUT2D eigenvalue weighted by molar-refractivity contribution is 7.93. The monoisotopic (exact) mass is 464 g/mol. The predicted octanol–water partition coefficient (Wildman–Crippen LogP) is 2.45. The second-order valence-corrected chi connectivity index (χ2v) is 10.6. The van der Waals surface area contributed by atoms with E-state index in [0.717, 1.165) is 37.1 Å². The van der Waals surface area contributed by atoms with Gasteiger partial charge in [0.05, 0.1) is 16.6 Å². The Kier molecular flexibility index (Phi) is 5.82. The molecule has 0 radical (unpaired) electrons. The number of carbonyl (C=O) groups is 1. The van der Waals surface area contributed by atoms with Gasteiger partial charge in [-0.1, -0.05) is 54.6 Å². The number of piperazine rings is 1. The summed E-state index contributed by atoms with van der Waals surface area (Å²) in [7, 11) is -1.66. The van der Waals surface area contributed by atoms with Gasteiger partial charge in [0.15, 0.2) is 0 Å². The number of amides is 1. The maximum Gasteiger partial charge on any atom is 0.265 e. The fourth-order valence-electron chi connectivity index (χ4n) is 4.71. The summed E-state index contributed by atoms with van der Waals surface area (Å²) < 4.78 is 27.7. The molecule has 33 heavy (non-hydrogen) atoms. The van der Waals surface area contributed by atoms with E-state index in [1.54, 1.807) is 18.2 Å². The molecule has 2 aliphatic heterocycles. The average Bonchev–Trinajstić information content (AvgIpc) is 3.04. The van der Waals surface area contributed by atoms with Crippen molar-refractivity contribution in [3.8, 4) is 0 Å². The van der Waals surface area contributed by atoms with E-state index in [-0.39, 0.29) is 23.4 Å². The Morgan fingerprint density at radius 1 is 0.939 bits per heavy atom. The lowest BCUT2D eigenvalue weighted by Gasteiger charge is -2.35. The van der Waals surface area contributed by atoms with E-state index in [4.69, 9.17) is 0 Å². The summed E-state index contributed by atoms with van der Waals surface area (Å²) in [6, 6.07) is 20.4. The molecule has 3 aromatic carbocycles. The van der Waals surface area contributed by atoms with Gasteiger partial charge in [-0.3, -0.25) is 14.0 Å². The Hall–Kier alpha value is -2.94. The van der Waals surface area contributed by atoms with E-state index >= 15 is 0 Å². The first-order valence-electron chi connectivity index (χ1n) is 11.2. The van der Waals surface area contributed by atoms with Crippen LogP contribution in [0.3, 0.4) is 0 Å². The second kappa shape index (κ2) is 8.78. The first-order valence-corrected chi connectivity index (χ1v) is 12.7. The van der Waals surface area contributed by atoms with Crippen molar-refractivity contribution < 1.29 is 13.2 Å². The zero-order valence-corrected chi connectivity index (χ0v) is 19.5. The minimum atomic E-state index is -3.77. The van der Waals surface area contributed by atoms with Gasteiger partial charge in [0.2, 0.25) is 5.91 Å². The molecule has 1 amide bonds. The lowest BCUT2D eigenvalue weighted by Crippen LogP contribution is -2.49. The zero-order valence-electron chi connectivity index (χ0n) is 18.6. The maximum atomic E-state index is 13.2. The number of carbonyl (C=O) groups excluding carboxylic acids is 1. The first-order chi connectivity index (χ1) is 15.9. The number of nitrogens with one attached hydrogen (secondary N) is 1. The van der Waals surface area contributed by atoms with Gasteiger partial charge in [-0.15, -0.1) is 0 Å². The lowest BCUT2D eigenvalue weighted by atomic mass is 10.1. The number of nitrogens with zero attached hydrogens (tertiary/aromatic N) is 3. The highest BCUT2D eigenvalue weighted by atomic mass is 32.2. The van der Waals surface area contributed by atoms with Gasteiger partial charge in [0.1, 0.15) is 6.54 Å². The summed E-state index contributed by atoms with van der Waals surface area (Å²) >= 11 is 0. The molecule has 0 spiro atoms. The molecule has 7 nitrogen and oxygen atoms in total. The predicted molar refractivity (Wildman–Crippen MR) is 130 cm³/mol. The summed E-state index contributed by atoms with van der Waals surface area (Å²) in [6.45, 7) is 4.29. The Balaban J connectivity index is 1.37. The Bertz CT molecular complexity index is 1270. The second-order valence-electron chi connectivity index (χ2n) is 8.78. The number of anilines is 1. The summed E-state index contributed by atoms with van der Waals surface area (Å²) in [5, 5.41) is 4.66. The van der Waals surface area contributed by atoms with E-state index in [1.165, 1.54) is 4.31 Å². The van der Waals surface area contributed by atoms with Crippen LogP contribution in [0.4, 0.5) is 5.69 Å². The minimum absolute atomic E-state index is 0.217. The highest BCUT2D eigenvalue weighted by Crippen LogP contribution is 2.41. The number of rotatable bonds is 6. The van der Waals surface area contributed by atoms with Crippen molar-refractivity contribution in [2.45, 2.75) is 10.9 Å². The van der Waals surface area contributed by atoms with Crippen molar-refractivity contribution in [1.82, 2.24) is 15.1 Å². The smallest absolute Gasteiger partial charge is 0.265 e. The molecule has 0 aliphatic carbocycles. The van der Waals surface area contributed by atoms with Crippen molar-refractivity contribution >= 4 is 32.4 Å². The van der Waals surface area contributed by atoms with Crippen molar-refractivity contribution in [2.24, 2.45) is 0 Å². The molecule has 2 heterocycles. The van der Waals surface area contributed by atoms with Crippen molar-refractivity contribution in [2.75, 3.05) is 50.6 Å². The van der Waals surface area contributed by atoms with Crippen LogP contribution in [0.5, 0.6) is 0 Å². The number of likely N-dealkylation sites (N-methyl/N-ethyl adjacent to an activating group) is 1. The van der Waals surface area contributed by atoms with Gasteiger partial charge in [-0.25, -0.2) is 8.42 Å². The third-order valence-electron chi connectivity index (χ3n) is 6.54. The molecule has 5 rings (SSSR count). The number of sulfonamides is 1. The Morgan fingerprint density at radius 3 is 2.36 bits per heavy atom. The maximum absolute atomic E-state index is 13.2. The van der Waals surface area contributed by atoms with Gasteiger partial charge >= 0.3 is 0 Å². The van der Waals surface area contributed by atoms with Crippen LogP contribution in [0, 0.1) is 0 Å². The van der Waals surface area contributed by atoms with Crippen LogP contribution < -0.4 is 9.62 Å². The molecular formula is C25H28N4O3S. The van der Waals surface area contributed by atoms with Crippen LogP contribution >= 0.6 is 0 Å². The van der Waals surface area contributed by atoms with E-state index in [2.05, 4.69) is 22.2 Å². The summed E-state index contributed by atoms with van der Waals surface area (Å²) in [4.78, 5) is 18.1. The van der Waals surface area contributed by atoms with E-state index in [0.29, 0.717) is 17.6 Å². The SMILES string of the molecule is CN1CCN(CC(NC(=O)CN2c3cccc4cccc(c34)S2(=O)=O)c2ccccc2)CC1. The average molecular weight is 465 g/mol. The molecule has 8 heteroatoms. The molecule has 172 valence electrons. The van der Waals surface area contributed by atoms with Gasteiger partial charge in [-0.2, -0.15) is 0 Å². The number of benzene rings is 3. The standard InChI is InChI=1S/C25H28N4O3S/c1-27-13-15-28(16-14-27)17-21(19-7-3-2-4-8-19)26-24(30)18-29-22-11-5-9-20-10-6-12-23(25(20)22)33(29,31)32/h2-12,21H,13-18H2,1H3,(H,26,30). The van der Waals surface area contributed by atoms with Crippen molar-refractivity contribution in [1.29, 1.82) is 0 Å². The lowest BCUT2D eigenvalue weighted by molar-refractivity contribution is -0.120. The van der Waals surface area contributed by atoms with E-state index < -0.39 is 10.0 Å². The van der Waals surface area contributed by atoms with Crippen molar-refractivity contribution in [3.63, 3.8) is 0 Å². The topological polar surface area (TPSA) is 73.0 Å². The fraction of sp³-hybridized carbons (Fsp3) is 0.320. The summed E-state index contributed by atoms with van der Waals surface area (Å²) in [5.41, 5.74) is 1.58. The van der Waals surface area contributed by atoms with Gasteiger partial charge in [0.25, 0.3) is 10.0 Å². The molecular weight excluding hydrogens is 436 g/mol. The normalized spacial score (nSPS) is 19.0. The molecule has 0 saturated carbocycles. The fourth-order valence-corrected chi connectivity index (χ4v) is 6.37. The Morgan fingerprint density at radius 2 is 1.64 bits per heavy atom. The Labute approximate surface area is 194 Å².